The van der Waals surface area contributed by atoms with Crippen LogP contribution in [-0.4, -0.2) is 23.9 Å². The molecule has 1 aromatic heterocycles. The van der Waals surface area contributed by atoms with Crippen LogP contribution in [0, 0.1) is 0 Å². The van der Waals surface area contributed by atoms with Crippen molar-refractivity contribution >= 4 is 55.9 Å². The maximum Gasteiger partial charge on any atom is 0.255 e. The number of hydrogen-bond donors (Lipinski definition) is 2. The lowest BCUT2D eigenvalue weighted by molar-refractivity contribution is -0.115. The zero-order valence-electron chi connectivity index (χ0n) is 19.9. The van der Waals surface area contributed by atoms with E-state index < -0.39 is 5.25 Å². The molecule has 0 spiro atoms. The minimum atomic E-state index is -0.479. The highest BCUT2D eigenvalue weighted by Gasteiger charge is 2.23. The van der Waals surface area contributed by atoms with Crippen molar-refractivity contribution in [2.45, 2.75) is 10.1 Å². The van der Waals surface area contributed by atoms with Crippen molar-refractivity contribution in [2.24, 2.45) is 0 Å². The van der Waals surface area contributed by atoms with E-state index in [0.29, 0.717) is 22.1 Å². The molecule has 1 unspecified atom stereocenters. The Kier molecular flexibility index (Phi) is 7.49. The van der Waals surface area contributed by atoms with Crippen molar-refractivity contribution in [1.29, 1.82) is 0 Å². The molecular formula is C29H23N3O3S2. The summed E-state index contributed by atoms with van der Waals surface area (Å²) in [5, 5.41) is 5.99. The molecule has 184 valence electrons. The van der Waals surface area contributed by atoms with Gasteiger partial charge in [-0.3, -0.25) is 9.59 Å². The van der Waals surface area contributed by atoms with E-state index in [4.69, 9.17) is 4.74 Å². The van der Waals surface area contributed by atoms with Gasteiger partial charge in [0.15, 0.2) is 5.13 Å². The van der Waals surface area contributed by atoms with Crippen molar-refractivity contribution in [3.05, 3.63) is 114 Å². The number of nitrogens with zero attached hydrogens (tertiary/aromatic N) is 1. The minimum absolute atomic E-state index is 0.146. The largest absolute Gasteiger partial charge is 0.497 e. The molecule has 0 aliphatic rings. The van der Waals surface area contributed by atoms with Crippen LogP contribution in [0.15, 0.2) is 108 Å². The van der Waals surface area contributed by atoms with E-state index in [-0.39, 0.29) is 11.8 Å². The summed E-state index contributed by atoms with van der Waals surface area (Å²) in [6.07, 6.45) is 0. The molecule has 1 atom stereocenters. The number of methoxy groups -OCH3 is 1. The smallest absolute Gasteiger partial charge is 0.255 e. The fraction of sp³-hybridized carbons (Fsp3) is 0.0690. The number of amides is 2. The lowest BCUT2D eigenvalue weighted by atomic mass is 10.1. The molecule has 0 aliphatic carbocycles. The van der Waals surface area contributed by atoms with Gasteiger partial charge in [-0.2, -0.15) is 0 Å². The Balaban J connectivity index is 1.30. The standard InChI is InChI=1S/C29H23N3O3S2/c1-35-22-15-11-20(12-16-22)27(33)30-21-13-17-23(18-14-21)36-26(19-7-3-2-4-8-19)28(34)32-29-31-24-9-5-6-10-25(24)37-29/h2-18,26H,1H3,(H,30,33)(H,31,32,34). The highest BCUT2D eigenvalue weighted by atomic mass is 32.2. The third kappa shape index (κ3) is 5.99. The monoisotopic (exact) mass is 525 g/mol. The van der Waals surface area contributed by atoms with Crippen molar-refractivity contribution in [3.63, 3.8) is 0 Å². The van der Waals surface area contributed by atoms with Gasteiger partial charge >= 0.3 is 0 Å². The molecule has 0 radical (unpaired) electrons. The topological polar surface area (TPSA) is 80.3 Å². The molecule has 0 aliphatic heterocycles. The summed E-state index contributed by atoms with van der Waals surface area (Å²) in [5.41, 5.74) is 2.96. The van der Waals surface area contributed by atoms with Crippen molar-refractivity contribution in [3.8, 4) is 5.75 Å². The molecule has 8 heteroatoms. The van der Waals surface area contributed by atoms with Crippen LogP contribution in [0.3, 0.4) is 0 Å². The van der Waals surface area contributed by atoms with Gasteiger partial charge in [0.2, 0.25) is 5.91 Å². The minimum Gasteiger partial charge on any atom is -0.497 e. The number of aromatic nitrogens is 1. The average molecular weight is 526 g/mol. The zero-order valence-corrected chi connectivity index (χ0v) is 21.5. The number of carbonyl (C=O) groups excluding carboxylic acids is 2. The summed E-state index contributed by atoms with van der Waals surface area (Å²) in [5.74, 6) is 0.339. The molecule has 5 aromatic rings. The third-order valence-corrected chi connectivity index (χ3v) is 7.80. The fourth-order valence-corrected chi connectivity index (χ4v) is 5.59. The Bertz CT molecular complexity index is 1490. The summed E-state index contributed by atoms with van der Waals surface area (Å²) in [6.45, 7) is 0. The van der Waals surface area contributed by atoms with E-state index in [1.54, 1.807) is 31.4 Å². The predicted molar refractivity (Wildman–Crippen MR) is 151 cm³/mol. The number of thiazole rings is 1. The van der Waals surface area contributed by atoms with Crippen LogP contribution >= 0.6 is 23.1 Å². The van der Waals surface area contributed by atoms with E-state index >= 15 is 0 Å². The molecule has 0 saturated heterocycles. The Morgan fingerprint density at radius 2 is 1.54 bits per heavy atom. The lowest BCUT2D eigenvalue weighted by Crippen LogP contribution is -2.18. The molecule has 4 aromatic carbocycles. The van der Waals surface area contributed by atoms with Crippen LogP contribution in [0.5, 0.6) is 5.75 Å². The lowest BCUT2D eigenvalue weighted by Gasteiger charge is -2.16. The molecular weight excluding hydrogens is 502 g/mol. The molecule has 6 nitrogen and oxygen atoms in total. The van der Waals surface area contributed by atoms with Crippen LogP contribution in [0.25, 0.3) is 10.2 Å². The van der Waals surface area contributed by atoms with Gasteiger partial charge in [0.1, 0.15) is 11.0 Å². The molecule has 0 fully saturated rings. The van der Waals surface area contributed by atoms with Gasteiger partial charge in [-0.25, -0.2) is 4.98 Å². The molecule has 2 amide bonds. The van der Waals surface area contributed by atoms with Gasteiger partial charge in [-0.1, -0.05) is 53.8 Å². The molecule has 5 rings (SSSR count). The first kappa shape index (κ1) is 24.5. The fourth-order valence-electron chi connectivity index (χ4n) is 3.70. The Hall–Kier alpha value is -4.14. The van der Waals surface area contributed by atoms with Gasteiger partial charge in [0.05, 0.1) is 17.3 Å². The maximum absolute atomic E-state index is 13.4. The highest BCUT2D eigenvalue weighted by Crippen LogP contribution is 2.37. The van der Waals surface area contributed by atoms with Gasteiger partial charge in [0.25, 0.3) is 5.91 Å². The Labute approximate surface area is 222 Å². The number of carbonyl (C=O) groups is 2. The Morgan fingerprint density at radius 1 is 0.838 bits per heavy atom. The second-order valence-electron chi connectivity index (χ2n) is 8.09. The van der Waals surface area contributed by atoms with Crippen LogP contribution in [0.2, 0.25) is 0 Å². The predicted octanol–water partition coefficient (Wildman–Crippen LogP) is 7.03. The van der Waals surface area contributed by atoms with Gasteiger partial charge in [0, 0.05) is 16.1 Å². The van der Waals surface area contributed by atoms with Gasteiger partial charge in [-0.15, -0.1) is 11.8 Å². The average Bonchev–Trinajstić information content (AvgIpc) is 3.35. The van der Waals surface area contributed by atoms with Crippen molar-refractivity contribution < 1.29 is 14.3 Å². The molecule has 37 heavy (non-hydrogen) atoms. The second-order valence-corrected chi connectivity index (χ2v) is 10.3. The van der Waals surface area contributed by atoms with Crippen LogP contribution in [0.1, 0.15) is 21.2 Å². The molecule has 0 saturated carbocycles. The summed E-state index contributed by atoms with van der Waals surface area (Å²) >= 11 is 2.90. The van der Waals surface area contributed by atoms with Gasteiger partial charge in [-0.05, 0) is 66.2 Å². The highest BCUT2D eigenvalue weighted by molar-refractivity contribution is 8.00. The van der Waals surface area contributed by atoms with Crippen LogP contribution in [-0.2, 0) is 4.79 Å². The van der Waals surface area contributed by atoms with E-state index in [1.807, 2.05) is 78.9 Å². The van der Waals surface area contributed by atoms with Gasteiger partial charge < -0.3 is 15.4 Å². The summed E-state index contributed by atoms with van der Waals surface area (Å²) in [4.78, 5) is 31.4. The number of ether oxygens (including phenoxy) is 1. The number of hydrogen-bond acceptors (Lipinski definition) is 6. The second kappa shape index (κ2) is 11.3. The van der Waals surface area contributed by atoms with E-state index in [0.717, 1.165) is 20.7 Å². The number of para-hydroxylation sites is 1. The molecule has 1 heterocycles. The van der Waals surface area contributed by atoms with Crippen molar-refractivity contribution in [2.75, 3.05) is 17.7 Å². The Morgan fingerprint density at radius 3 is 2.24 bits per heavy atom. The number of nitrogens with one attached hydrogen (secondary N) is 2. The first-order valence-corrected chi connectivity index (χ1v) is 13.2. The first-order valence-electron chi connectivity index (χ1n) is 11.5. The number of rotatable bonds is 8. The van der Waals surface area contributed by atoms with Crippen molar-refractivity contribution in [1.82, 2.24) is 4.98 Å². The quantitative estimate of drug-likeness (QED) is 0.213. The SMILES string of the molecule is COc1ccc(C(=O)Nc2ccc(SC(C(=O)Nc3nc4ccccc4s3)c3ccccc3)cc2)cc1. The van der Waals surface area contributed by atoms with E-state index in [2.05, 4.69) is 15.6 Å². The first-order chi connectivity index (χ1) is 18.1. The number of anilines is 2. The summed E-state index contributed by atoms with van der Waals surface area (Å²) < 4.78 is 6.16. The van der Waals surface area contributed by atoms with E-state index in [1.165, 1.54) is 23.1 Å². The molecule has 2 N–H and O–H groups in total. The van der Waals surface area contributed by atoms with Crippen LogP contribution < -0.4 is 15.4 Å². The number of benzene rings is 4. The normalized spacial score (nSPS) is 11.6. The number of thioether (sulfide) groups is 1. The van der Waals surface area contributed by atoms with E-state index in [9.17, 15) is 9.59 Å². The number of fused-ring (bicyclic) bond motifs is 1. The molecule has 0 bridgehead atoms. The third-order valence-electron chi connectivity index (χ3n) is 5.58. The summed E-state index contributed by atoms with van der Waals surface area (Å²) in [7, 11) is 1.58. The van der Waals surface area contributed by atoms with Crippen LogP contribution in [0.4, 0.5) is 10.8 Å². The summed E-state index contributed by atoms with van der Waals surface area (Å²) in [6, 6.07) is 31.8. The maximum atomic E-state index is 13.4. The zero-order chi connectivity index (χ0) is 25.6.